The number of hydrogen-bond acceptors (Lipinski definition) is 3. The van der Waals surface area contributed by atoms with E-state index in [0.29, 0.717) is 12.1 Å². The van der Waals surface area contributed by atoms with Crippen molar-refractivity contribution in [3.05, 3.63) is 112 Å². The number of aliphatic carboxylic acids is 1. The molecule has 0 unspecified atom stereocenters. The molecule has 0 fully saturated rings. The summed E-state index contributed by atoms with van der Waals surface area (Å²) < 4.78 is 7.42. The highest BCUT2D eigenvalue weighted by molar-refractivity contribution is 6.17. The van der Waals surface area contributed by atoms with Gasteiger partial charge in [0.25, 0.3) is 0 Å². The van der Waals surface area contributed by atoms with E-state index in [-0.39, 0.29) is 12.4 Å². The monoisotopic (exact) mass is 467 g/mol. The van der Waals surface area contributed by atoms with Crippen molar-refractivity contribution in [2.75, 3.05) is 6.61 Å². The maximum Gasteiger partial charge on any atom is 0.332 e. The topological polar surface area (TPSA) is 68.5 Å². The Kier molecular flexibility index (Phi) is 7.28. The Hall–Kier alpha value is -3.96. The SMILES string of the molecule is Cc1ccc(C(=O)c2c(C)n(Cc3ccc(C=CCO[C@H](C)C(=O)O)cc3)c3ccccc23)cc1. The van der Waals surface area contributed by atoms with E-state index >= 15 is 0 Å². The van der Waals surface area contributed by atoms with Gasteiger partial charge in [0.2, 0.25) is 0 Å². The number of carbonyl (C=O) groups is 2. The summed E-state index contributed by atoms with van der Waals surface area (Å²) in [4.78, 5) is 24.3. The van der Waals surface area contributed by atoms with Crippen LogP contribution in [0.2, 0.25) is 0 Å². The molecule has 0 bridgehead atoms. The summed E-state index contributed by atoms with van der Waals surface area (Å²) in [6.45, 7) is 6.42. The van der Waals surface area contributed by atoms with E-state index in [1.165, 1.54) is 6.92 Å². The van der Waals surface area contributed by atoms with Gasteiger partial charge in [-0.3, -0.25) is 4.79 Å². The van der Waals surface area contributed by atoms with Gasteiger partial charge in [-0.25, -0.2) is 4.79 Å². The van der Waals surface area contributed by atoms with E-state index in [9.17, 15) is 9.59 Å². The summed E-state index contributed by atoms with van der Waals surface area (Å²) in [6, 6.07) is 23.9. The molecule has 0 saturated heterocycles. The Bertz CT molecular complexity index is 1380. The fourth-order valence-electron chi connectivity index (χ4n) is 4.14. The van der Waals surface area contributed by atoms with Crippen LogP contribution in [0.4, 0.5) is 0 Å². The van der Waals surface area contributed by atoms with Gasteiger partial charge >= 0.3 is 5.97 Å². The van der Waals surface area contributed by atoms with Gasteiger partial charge in [0.1, 0.15) is 0 Å². The van der Waals surface area contributed by atoms with Gasteiger partial charge in [-0.05, 0) is 38.0 Å². The lowest BCUT2D eigenvalue weighted by molar-refractivity contribution is -0.148. The Morgan fingerprint density at radius 3 is 2.34 bits per heavy atom. The van der Waals surface area contributed by atoms with E-state index in [4.69, 9.17) is 9.84 Å². The van der Waals surface area contributed by atoms with Crippen molar-refractivity contribution in [2.24, 2.45) is 0 Å². The standard InChI is InChI=1S/C30H29NO4/c1-20-10-16-25(17-11-20)29(32)28-21(2)31(27-9-5-4-8-26(27)28)19-24-14-12-23(13-15-24)7-6-18-35-22(3)30(33)34/h4-17,22H,18-19H2,1-3H3,(H,33,34)/t22-/m1/s1. The molecule has 1 heterocycles. The zero-order valence-electron chi connectivity index (χ0n) is 20.2. The molecule has 4 aromatic rings. The van der Waals surface area contributed by atoms with E-state index in [0.717, 1.165) is 38.9 Å². The van der Waals surface area contributed by atoms with Crippen LogP contribution in [0.3, 0.4) is 0 Å². The first-order valence-corrected chi connectivity index (χ1v) is 11.6. The summed E-state index contributed by atoms with van der Waals surface area (Å²) >= 11 is 0. The third kappa shape index (κ3) is 5.42. The van der Waals surface area contributed by atoms with Gasteiger partial charge < -0.3 is 14.4 Å². The van der Waals surface area contributed by atoms with Gasteiger partial charge in [-0.2, -0.15) is 0 Å². The Balaban J connectivity index is 1.56. The fourth-order valence-corrected chi connectivity index (χ4v) is 4.14. The first-order valence-electron chi connectivity index (χ1n) is 11.6. The molecule has 1 aromatic heterocycles. The van der Waals surface area contributed by atoms with Gasteiger partial charge in [0, 0.05) is 28.7 Å². The zero-order valence-corrected chi connectivity index (χ0v) is 20.2. The number of para-hydroxylation sites is 1. The highest BCUT2D eigenvalue weighted by Gasteiger charge is 2.21. The minimum absolute atomic E-state index is 0.0392. The molecule has 0 spiro atoms. The van der Waals surface area contributed by atoms with Crippen LogP contribution in [-0.2, 0) is 16.1 Å². The average molecular weight is 468 g/mol. The van der Waals surface area contributed by atoms with Crippen LogP contribution >= 0.6 is 0 Å². The molecule has 5 heteroatoms. The summed E-state index contributed by atoms with van der Waals surface area (Å²) in [5.41, 5.74) is 6.68. The number of nitrogens with zero attached hydrogens (tertiary/aromatic N) is 1. The van der Waals surface area contributed by atoms with Crippen LogP contribution in [-0.4, -0.2) is 34.1 Å². The minimum Gasteiger partial charge on any atom is -0.479 e. The predicted octanol–water partition coefficient (Wildman–Crippen LogP) is 6.04. The molecule has 0 aliphatic rings. The molecule has 178 valence electrons. The lowest BCUT2D eigenvalue weighted by atomic mass is 10.00. The Morgan fingerprint density at radius 2 is 1.66 bits per heavy atom. The van der Waals surface area contributed by atoms with Crippen molar-refractivity contribution < 1.29 is 19.4 Å². The van der Waals surface area contributed by atoms with Crippen LogP contribution in [0.15, 0.2) is 78.9 Å². The van der Waals surface area contributed by atoms with Crippen molar-refractivity contribution in [1.82, 2.24) is 4.57 Å². The van der Waals surface area contributed by atoms with Crippen LogP contribution in [0.5, 0.6) is 0 Å². The van der Waals surface area contributed by atoms with Crippen LogP contribution < -0.4 is 0 Å². The second kappa shape index (κ2) is 10.5. The van der Waals surface area contributed by atoms with Crippen LogP contribution in [0.25, 0.3) is 17.0 Å². The first kappa shape index (κ1) is 24.2. The van der Waals surface area contributed by atoms with Gasteiger partial charge in [-0.1, -0.05) is 84.4 Å². The molecule has 0 radical (unpaired) electrons. The summed E-state index contributed by atoms with van der Waals surface area (Å²) in [7, 11) is 0. The third-order valence-corrected chi connectivity index (χ3v) is 6.19. The molecule has 35 heavy (non-hydrogen) atoms. The van der Waals surface area contributed by atoms with Gasteiger partial charge in [-0.15, -0.1) is 0 Å². The summed E-state index contributed by atoms with van der Waals surface area (Å²) in [5.74, 6) is -0.934. The largest absolute Gasteiger partial charge is 0.479 e. The molecular weight excluding hydrogens is 438 g/mol. The number of hydrogen-bond donors (Lipinski definition) is 1. The molecule has 4 rings (SSSR count). The molecule has 1 atom stereocenters. The number of fused-ring (bicyclic) bond motifs is 1. The van der Waals surface area contributed by atoms with E-state index in [2.05, 4.69) is 22.8 Å². The maximum atomic E-state index is 13.4. The minimum atomic E-state index is -0.973. The number of benzene rings is 3. The van der Waals surface area contributed by atoms with Crippen LogP contribution in [0.1, 0.15) is 45.2 Å². The smallest absolute Gasteiger partial charge is 0.332 e. The van der Waals surface area contributed by atoms with Crippen molar-refractivity contribution in [2.45, 2.75) is 33.4 Å². The molecule has 0 amide bonds. The average Bonchev–Trinajstić information content (AvgIpc) is 3.13. The summed E-state index contributed by atoms with van der Waals surface area (Å²) in [5, 5.41) is 9.83. The second-order valence-electron chi connectivity index (χ2n) is 8.72. The van der Waals surface area contributed by atoms with E-state index in [1.54, 1.807) is 6.08 Å². The Labute approximate surface area is 205 Å². The zero-order chi connectivity index (χ0) is 24.9. The second-order valence-corrected chi connectivity index (χ2v) is 8.72. The lowest BCUT2D eigenvalue weighted by Gasteiger charge is -2.10. The van der Waals surface area contributed by atoms with Crippen molar-refractivity contribution in [3.8, 4) is 0 Å². The molecule has 0 aliphatic carbocycles. The number of aryl methyl sites for hydroxylation is 1. The molecule has 3 aromatic carbocycles. The highest BCUT2D eigenvalue weighted by Crippen LogP contribution is 2.29. The molecule has 5 nitrogen and oxygen atoms in total. The quantitative estimate of drug-likeness (QED) is 0.305. The fraction of sp³-hybridized carbons (Fsp3) is 0.200. The highest BCUT2D eigenvalue weighted by atomic mass is 16.5. The van der Waals surface area contributed by atoms with Crippen molar-refractivity contribution in [3.63, 3.8) is 0 Å². The van der Waals surface area contributed by atoms with Gasteiger partial charge in [0.05, 0.1) is 12.2 Å². The first-order chi connectivity index (χ1) is 16.8. The molecule has 0 saturated carbocycles. The van der Waals surface area contributed by atoms with Crippen molar-refractivity contribution >= 4 is 28.7 Å². The van der Waals surface area contributed by atoms with Gasteiger partial charge in [0.15, 0.2) is 11.9 Å². The molecule has 0 aliphatic heterocycles. The number of carboxylic acids is 1. The Morgan fingerprint density at radius 1 is 0.971 bits per heavy atom. The number of aromatic nitrogens is 1. The predicted molar refractivity (Wildman–Crippen MR) is 139 cm³/mol. The van der Waals surface area contributed by atoms with Crippen molar-refractivity contribution in [1.29, 1.82) is 0 Å². The number of ether oxygens (including phenoxy) is 1. The van der Waals surface area contributed by atoms with E-state index < -0.39 is 12.1 Å². The maximum absolute atomic E-state index is 13.4. The number of ketones is 1. The van der Waals surface area contributed by atoms with E-state index in [1.807, 2.05) is 74.5 Å². The van der Waals surface area contributed by atoms with Crippen LogP contribution in [0, 0.1) is 13.8 Å². The number of carboxylic acid groups (broad SMARTS) is 1. The molecule has 1 N–H and O–H groups in total. The normalized spacial score (nSPS) is 12.3. The third-order valence-electron chi connectivity index (χ3n) is 6.19. The number of rotatable bonds is 9. The number of carbonyl (C=O) groups excluding carboxylic acids is 1. The lowest BCUT2D eigenvalue weighted by Crippen LogP contribution is -2.19. The summed E-state index contributed by atoms with van der Waals surface area (Å²) in [6.07, 6.45) is 2.89. The molecular formula is C30H29NO4.